The molecule has 0 saturated heterocycles. The molecule has 0 atom stereocenters. The van der Waals surface area contributed by atoms with Gasteiger partial charge in [-0.3, -0.25) is 10.4 Å². The number of nitrogens with one attached hydrogen (secondary N) is 2. The summed E-state index contributed by atoms with van der Waals surface area (Å²) >= 11 is 0. The van der Waals surface area contributed by atoms with E-state index in [-0.39, 0.29) is 11.9 Å². The largest absolute Gasteiger partial charge is 0.435 e. The summed E-state index contributed by atoms with van der Waals surface area (Å²) in [4.78, 5) is 4.07. The molecule has 0 amide bonds. The molecule has 8 nitrogen and oxygen atoms in total. The van der Waals surface area contributed by atoms with Gasteiger partial charge in [0.1, 0.15) is 0 Å². The molecule has 0 unspecified atom stereocenters. The Bertz CT molecular complexity index is 396. The van der Waals surface area contributed by atoms with Gasteiger partial charge in [0.2, 0.25) is 0 Å². The van der Waals surface area contributed by atoms with Crippen LogP contribution in [0.5, 0.6) is 0 Å². The van der Waals surface area contributed by atoms with Crippen LogP contribution in [-0.2, 0) is 8.23 Å². The molecular formula is C10H30N6O2Si3. The van der Waals surface area contributed by atoms with Crippen LogP contribution in [0, 0.1) is 5.41 Å². The van der Waals surface area contributed by atoms with Gasteiger partial charge in [-0.05, 0) is 39.3 Å². The Hall–Kier alpha value is -0.889. The lowest BCUT2D eigenvalue weighted by atomic mass is 11.0. The Kier molecular flexibility index (Phi) is 7.08. The normalized spacial score (nSPS) is 12.9. The van der Waals surface area contributed by atoms with E-state index in [1.165, 1.54) is 0 Å². The lowest BCUT2D eigenvalue weighted by molar-refractivity contribution is 0.388. The lowest BCUT2D eigenvalue weighted by Crippen LogP contribution is -2.57. The summed E-state index contributed by atoms with van der Waals surface area (Å²) in [6.07, 6.45) is 1.10. The molecule has 0 saturated carbocycles. The fourth-order valence-corrected chi connectivity index (χ4v) is 14.9. The van der Waals surface area contributed by atoms with Crippen molar-refractivity contribution < 1.29 is 8.23 Å². The molecule has 0 aromatic heterocycles. The topological polar surface area (TPSA) is 145 Å². The van der Waals surface area contributed by atoms with Crippen LogP contribution in [-0.4, -0.2) is 49.5 Å². The number of guanidine groups is 2. The van der Waals surface area contributed by atoms with Crippen molar-refractivity contribution in [2.75, 3.05) is 12.3 Å². The maximum atomic E-state index is 7.23. The molecule has 0 radical (unpaired) electrons. The molecule has 0 aromatic carbocycles. The Morgan fingerprint density at radius 1 is 1.00 bits per heavy atom. The number of rotatable bonds is 8. The van der Waals surface area contributed by atoms with E-state index in [9.17, 15) is 0 Å². The van der Waals surface area contributed by atoms with Crippen molar-refractivity contribution in [3.05, 3.63) is 0 Å². The van der Waals surface area contributed by atoms with E-state index in [1.54, 1.807) is 0 Å². The molecule has 0 aromatic rings. The molecule has 0 bridgehead atoms. The molecule has 0 aliphatic heterocycles. The van der Waals surface area contributed by atoms with Gasteiger partial charge in [0.25, 0.3) is 0 Å². The second-order valence-corrected chi connectivity index (χ2v) is 18.8. The highest BCUT2D eigenvalue weighted by atomic mass is 28.5. The second kappa shape index (κ2) is 7.40. The number of aliphatic imine (C=N–C) groups is 1. The van der Waals surface area contributed by atoms with Gasteiger partial charge >= 0.3 is 8.56 Å². The average molecular weight is 351 g/mol. The van der Waals surface area contributed by atoms with Crippen molar-refractivity contribution in [3.63, 3.8) is 0 Å². The summed E-state index contributed by atoms with van der Waals surface area (Å²) in [6, 6.07) is 0. The number of nitrogens with zero attached hydrogens (tertiary/aromatic N) is 1. The molecule has 0 fully saturated rings. The molecule has 11 heteroatoms. The highest BCUT2D eigenvalue weighted by molar-refractivity contribution is 6.88. The first-order valence-electron chi connectivity index (χ1n) is 6.78. The Morgan fingerprint density at radius 3 is 1.90 bits per heavy atom. The van der Waals surface area contributed by atoms with E-state index in [1.807, 2.05) is 13.1 Å². The van der Waals surface area contributed by atoms with Crippen molar-refractivity contribution in [1.29, 1.82) is 5.41 Å². The summed E-state index contributed by atoms with van der Waals surface area (Å²) in [6.45, 7) is 12.3. The van der Waals surface area contributed by atoms with Crippen molar-refractivity contribution in [1.82, 2.24) is 5.32 Å². The van der Waals surface area contributed by atoms with Gasteiger partial charge in [0.15, 0.2) is 28.6 Å². The van der Waals surface area contributed by atoms with Gasteiger partial charge in [-0.2, -0.15) is 0 Å². The van der Waals surface area contributed by atoms with Gasteiger partial charge in [0, 0.05) is 6.17 Å². The fourth-order valence-electron chi connectivity index (χ4n) is 2.01. The van der Waals surface area contributed by atoms with Crippen molar-refractivity contribution in [3.8, 4) is 0 Å². The summed E-state index contributed by atoms with van der Waals surface area (Å²) in [5.41, 5.74) is 16.1. The maximum absolute atomic E-state index is 7.23. The van der Waals surface area contributed by atoms with Crippen LogP contribution in [0.3, 0.4) is 0 Å². The van der Waals surface area contributed by atoms with E-state index >= 15 is 0 Å². The molecule has 0 aliphatic rings. The molecule has 21 heavy (non-hydrogen) atoms. The zero-order valence-corrected chi connectivity index (χ0v) is 16.9. The Labute approximate surface area is 130 Å². The zero-order chi connectivity index (χ0) is 16.9. The number of hydrogen-bond donors (Lipinski definition) is 5. The van der Waals surface area contributed by atoms with Crippen LogP contribution in [0.4, 0.5) is 0 Å². The van der Waals surface area contributed by atoms with Gasteiger partial charge in [0.05, 0.1) is 6.17 Å². The van der Waals surface area contributed by atoms with Crippen LogP contribution in [0.2, 0.25) is 39.3 Å². The first-order chi connectivity index (χ1) is 9.25. The molecule has 0 heterocycles. The lowest BCUT2D eigenvalue weighted by Gasteiger charge is -2.38. The van der Waals surface area contributed by atoms with Gasteiger partial charge in [-0.15, -0.1) is 0 Å². The van der Waals surface area contributed by atoms with Crippen molar-refractivity contribution >= 4 is 37.1 Å². The SMILES string of the molecule is C[Si](C)(CN=C(N)N)O[Si](C)(C)O[Si](C)(C)CNC(=N)N. The first-order valence-corrected chi connectivity index (χ1v) is 15.8. The minimum Gasteiger partial charge on any atom is -0.435 e. The molecule has 8 N–H and O–H groups in total. The number of nitrogens with two attached hydrogens (primary N) is 3. The van der Waals surface area contributed by atoms with E-state index in [4.69, 9.17) is 30.8 Å². The predicted molar refractivity (Wildman–Crippen MR) is 95.2 cm³/mol. The Balaban J connectivity index is 4.66. The third-order valence-corrected chi connectivity index (χ3v) is 12.7. The van der Waals surface area contributed by atoms with Crippen molar-refractivity contribution in [2.45, 2.75) is 39.3 Å². The third kappa shape index (κ3) is 10.5. The molecule has 0 rings (SSSR count). The highest BCUT2D eigenvalue weighted by Gasteiger charge is 2.39. The molecule has 0 spiro atoms. The fraction of sp³-hybridized carbons (Fsp3) is 0.800. The standard InChI is InChI=1S/C10H30N6O2Si3/c1-19(2,7-15-9(11)12)17-21(5,6)18-20(3,4)8-16-10(13)14/h7-8H2,1-6H3,(H4,11,12,15)(H4,13,14,16). The highest BCUT2D eigenvalue weighted by Crippen LogP contribution is 2.20. The minimum atomic E-state index is -2.30. The van der Waals surface area contributed by atoms with E-state index < -0.39 is 25.2 Å². The van der Waals surface area contributed by atoms with Gasteiger partial charge < -0.3 is 30.7 Å². The summed E-state index contributed by atoms with van der Waals surface area (Å²) in [5.74, 6) is 0.0435. The third-order valence-electron chi connectivity index (χ3n) is 2.39. The van der Waals surface area contributed by atoms with Crippen LogP contribution < -0.4 is 22.5 Å². The monoisotopic (exact) mass is 350 g/mol. The average Bonchev–Trinajstić information content (AvgIpc) is 2.21. The Morgan fingerprint density at radius 2 is 1.48 bits per heavy atom. The minimum absolute atomic E-state index is 0.0398. The molecular weight excluding hydrogens is 320 g/mol. The van der Waals surface area contributed by atoms with Crippen LogP contribution in [0.15, 0.2) is 4.99 Å². The first kappa shape index (κ1) is 20.1. The van der Waals surface area contributed by atoms with Crippen LogP contribution in [0.25, 0.3) is 0 Å². The predicted octanol–water partition coefficient (Wildman–Crippen LogP) is -0.0335. The van der Waals surface area contributed by atoms with E-state index in [0.717, 1.165) is 0 Å². The maximum Gasteiger partial charge on any atom is 0.311 e. The summed E-state index contributed by atoms with van der Waals surface area (Å²) in [7, 11) is -6.32. The van der Waals surface area contributed by atoms with Crippen molar-refractivity contribution in [2.24, 2.45) is 22.2 Å². The quantitative estimate of drug-likeness (QED) is 0.236. The van der Waals surface area contributed by atoms with Gasteiger partial charge in [-0.25, -0.2) is 0 Å². The smallest absolute Gasteiger partial charge is 0.311 e. The molecule has 124 valence electrons. The van der Waals surface area contributed by atoms with Crippen LogP contribution in [0.1, 0.15) is 0 Å². The van der Waals surface area contributed by atoms with E-state index in [2.05, 4.69) is 36.5 Å². The van der Waals surface area contributed by atoms with Crippen LogP contribution >= 0.6 is 0 Å². The van der Waals surface area contributed by atoms with Gasteiger partial charge in [-0.1, -0.05) is 0 Å². The summed E-state index contributed by atoms with van der Waals surface area (Å²) < 4.78 is 12.6. The second-order valence-electron chi connectivity index (χ2n) is 6.63. The molecule has 0 aliphatic carbocycles. The summed E-state index contributed by atoms with van der Waals surface area (Å²) in [5, 5.41) is 10.1. The number of hydrogen-bond acceptors (Lipinski definition) is 4. The van der Waals surface area contributed by atoms with E-state index in [0.29, 0.717) is 12.3 Å². The zero-order valence-electron chi connectivity index (χ0n) is 13.9.